The number of likely N-dealkylation sites (tertiary alicyclic amines) is 1. The summed E-state index contributed by atoms with van der Waals surface area (Å²) in [5.41, 5.74) is 2.83. The van der Waals surface area contributed by atoms with Gasteiger partial charge in [0.05, 0.1) is 12.5 Å². The molecule has 2 aromatic rings. The van der Waals surface area contributed by atoms with Crippen molar-refractivity contribution in [2.24, 2.45) is 5.92 Å². The van der Waals surface area contributed by atoms with Crippen molar-refractivity contribution >= 4 is 11.9 Å². The summed E-state index contributed by atoms with van der Waals surface area (Å²) < 4.78 is 33.7. The summed E-state index contributed by atoms with van der Waals surface area (Å²) in [6.07, 6.45) is 1.15. The lowest BCUT2D eigenvalue weighted by Gasteiger charge is -2.31. The highest BCUT2D eigenvalue weighted by Gasteiger charge is 2.30. The summed E-state index contributed by atoms with van der Waals surface area (Å²) in [5.74, 6) is -2.28. The van der Waals surface area contributed by atoms with E-state index in [2.05, 4.69) is 0 Å². The van der Waals surface area contributed by atoms with Crippen LogP contribution in [0.2, 0.25) is 0 Å². The number of aromatic nitrogens is 1. The molecule has 1 aromatic heterocycles. The van der Waals surface area contributed by atoms with Gasteiger partial charge in [-0.25, -0.2) is 8.78 Å². The Morgan fingerprint density at radius 3 is 2.41 bits per heavy atom. The van der Waals surface area contributed by atoms with Crippen molar-refractivity contribution < 1.29 is 23.1 Å². The molecule has 2 heterocycles. The second-order valence-electron chi connectivity index (χ2n) is 7.47. The molecule has 156 valence electrons. The maximum absolute atomic E-state index is 13.6. The molecule has 1 aliphatic rings. The number of rotatable bonds is 5. The molecule has 1 aromatic carbocycles. The maximum Gasteiger partial charge on any atom is 0.309 e. The number of hydrogen-bond donors (Lipinski definition) is 0. The molecule has 0 radical (unpaired) electrons. The molecule has 1 saturated heterocycles. The number of halogens is 2. The minimum absolute atomic E-state index is 0.111. The summed E-state index contributed by atoms with van der Waals surface area (Å²) in [7, 11) is 0. The number of piperidine rings is 1. The summed E-state index contributed by atoms with van der Waals surface area (Å²) >= 11 is 0. The zero-order valence-corrected chi connectivity index (χ0v) is 17.0. The van der Waals surface area contributed by atoms with Gasteiger partial charge in [-0.2, -0.15) is 0 Å². The first-order chi connectivity index (χ1) is 13.8. The van der Waals surface area contributed by atoms with Gasteiger partial charge in [-0.3, -0.25) is 9.59 Å². The fraction of sp³-hybridized carbons (Fsp3) is 0.455. The standard InChI is InChI=1S/C22H26F2N2O3/c1-4-29-22(28)17-7-9-25(10-8-17)21(27)20-14(2)11-15(3)26(20)13-16-5-6-18(23)19(24)12-16/h5-6,11-12,17H,4,7-10,13H2,1-3H3. The van der Waals surface area contributed by atoms with E-state index in [1.165, 1.54) is 6.07 Å². The Morgan fingerprint density at radius 2 is 1.79 bits per heavy atom. The molecule has 1 aliphatic heterocycles. The minimum atomic E-state index is -0.905. The van der Waals surface area contributed by atoms with Crippen LogP contribution >= 0.6 is 0 Å². The van der Waals surface area contributed by atoms with Gasteiger partial charge in [0.1, 0.15) is 5.69 Å². The Hall–Kier alpha value is -2.70. The summed E-state index contributed by atoms with van der Waals surface area (Å²) in [4.78, 5) is 26.9. The molecule has 29 heavy (non-hydrogen) atoms. The average Bonchev–Trinajstić information content (AvgIpc) is 2.97. The first-order valence-corrected chi connectivity index (χ1v) is 9.88. The molecular formula is C22H26F2N2O3. The van der Waals surface area contributed by atoms with Crippen molar-refractivity contribution in [2.45, 2.75) is 40.2 Å². The molecule has 0 atom stereocenters. The van der Waals surface area contributed by atoms with Crippen molar-refractivity contribution in [3.05, 3.63) is 58.4 Å². The van der Waals surface area contributed by atoms with E-state index in [1.807, 2.05) is 24.5 Å². The molecule has 5 nitrogen and oxygen atoms in total. The smallest absolute Gasteiger partial charge is 0.309 e. The maximum atomic E-state index is 13.6. The zero-order chi connectivity index (χ0) is 21.1. The van der Waals surface area contributed by atoms with E-state index in [1.54, 1.807) is 11.8 Å². The molecule has 0 N–H and O–H groups in total. The van der Waals surface area contributed by atoms with Gasteiger partial charge < -0.3 is 14.2 Å². The first kappa shape index (κ1) is 21.0. The molecule has 3 rings (SSSR count). The van der Waals surface area contributed by atoms with E-state index in [9.17, 15) is 18.4 Å². The Labute approximate surface area is 169 Å². The number of aryl methyl sites for hydroxylation is 2. The number of carbonyl (C=O) groups excluding carboxylic acids is 2. The van der Waals surface area contributed by atoms with Crippen molar-refractivity contribution in [1.82, 2.24) is 9.47 Å². The van der Waals surface area contributed by atoms with Crippen molar-refractivity contribution in [3.8, 4) is 0 Å². The third-order valence-electron chi connectivity index (χ3n) is 5.42. The third-order valence-corrected chi connectivity index (χ3v) is 5.42. The topological polar surface area (TPSA) is 51.5 Å². The number of esters is 1. The van der Waals surface area contributed by atoms with E-state index < -0.39 is 11.6 Å². The summed E-state index contributed by atoms with van der Waals surface area (Å²) in [5, 5.41) is 0. The lowest BCUT2D eigenvalue weighted by Crippen LogP contribution is -2.41. The van der Waals surface area contributed by atoms with E-state index in [4.69, 9.17) is 4.74 Å². The molecular weight excluding hydrogens is 378 g/mol. The van der Waals surface area contributed by atoms with Crippen LogP contribution in [0.3, 0.4) is 0 Å². The molecule has 1 fully saturated rings. The highest BCUT2D eigenvalue weighted by atomic mass is 19.2. The van der Waals surface area contributed by atoms with Crippen LogP contribution in [-0.4, -0.2) is 41.0 Å². The van der Waals surface area contributed by atoms with Crippen molar-refractivity contribution in [3.63, 3.8) is 0 Å². The average molecular weight is 404 g/mol. The molecule has 7 heteroatoms. The van der Waals surface area contributed by atoms with E-state index >= 15 is 0 Å². The third kappa shape index (κ3) is 4.49. The molecule has 0 saturated carbocycles. The van der Waals surface area contributed by atoms with Crippen LogP contribution < -0.4 is 0 Å². The SMILES string of the molecule is CCOC(=O)C1CCN(C(=O)c2c(C)cc(C)n2Cc2ccc(F)c(F)c2)CC1. The van der Waals surface area contributed by atoms with Crippen LogP contribution in [-0.2, 0) is 16.1 Å². The quantitative estimate of drug-likeness (QED) is 0.712. The van der Waals surface area contributed by atoms with Crippen LogP contribution in [0, 0.1) is 31.4 Å². The summed E-state index contributed by atoms with van der Waals surface area (Å²) in [6.45, 7) is 7.13. The van der Waals surface area contributed by atoms with Crippen molar-refractivity contribution in [1.29, 1.82) is 0 Å². The highest BCUT2D eigenvalue weighted by Crippen LogP contribution is 2.24. The van der Waals surface area contributed by atoms with Gasteiger partial charge in [0.2, 0.25) is 0 Å². The van der Waals surface area contributed by atoms with Crippen LogP contribution in [0.5, 0.6) is 0 Å². The van der Waals surface area contributed by atoms with Gasteiger partial charge in [0.25, 0.3) is 5.91 Å². The lowest BCUT2D eigenvalue weighted by molar-refractivity contribution is -0.149. The second-order valence-corrected chi connectivity index (χ2v) is 7.47. The second kappa shape index (κ2) is 8.76. The fourth-order valence-corrected chi connectivity index (χ4v) is 3.89. The number of carbonyl (C=O) groups is 2. The van der Waals surface area contributed by atoms with Crippen LogP contribution in [0.1, 0.15) is 47.1 Å². The van der Waals surface area contributed by atoms with Crippen LogP contribution in [0.15, 0.2) is 24.3 Å². The number of benzene rings is 1. The number of nitrogens with zero attached hydrogens (tertiary/aromatic N) is 2. The van der Waals surface area contributed by atoms with Gasteiger partial charge in [-0.1, -0.05) is 6.07 Å². The molecule has 0 aliphatic carbocycles. The van der Waals surface area contributed by atoms with Crippen LogP contribution in [0.4, 0.5) is 8.78 Å². The predicted octanol–water partition coefficient (Wildman–Crippen LogP) is 3.85. The van der Waals surface area contributed by atoms with Crippen molar-refractivity contribution in [2.75, 3.05) is 19.7 Å². The first-order valence-electron chi connectivity index (χ1n) is 9.88. The van der Waals surface area contributed by atoms with Gasteiger partial charge in [0, 0.05) is 25.3 Å². The predicted molar refractivity (Wildman–Crippen MR) is 105 cm³/mol. The Kier molecular flexibility index (Phi) is 6.35. The van der Waals surface area contributed by atoms with E-state index in [0.29, 0.717) is 43.8 Å². The zero-order valence-electron chi connectivity index (χ0n) is 17.0. The van der Waals surface area contributed by atoms with Gasteiger partial charge in [-0.15, -0.1) is 0 Å². The monoisotopic (exact) mass is 404 g/mol. The Bertz CT molecular complexity index is 915. The number of amides is 1. The Morgan fingerprint density at radius 1 is 1.10 bits per heavy atom. The molecule has 0 unspecified atom stereocenters. The Balaban J connectivity index is 1.78. The summed E-state index contributed by atoms with van der Waals surface area (Å²) in [6, 6.07) is 5.69. The van der Waals surface area contributed by atoms with Crippen LogP contribution in [0.25, 0.3) is 0 Å². The minimum Gasteiger partial charge on any atom is -0.466 e. The highest BCUT2D eigenvalue weighted by molar-refractivity contribution is 5.94. The molecule has 0 bridgehead atoms. The number of hydrogen-bond acceptors (Lipinski definition) is 3. The largest absolute Gasteiger partial charge is 0.466 e. The molecule has 0 spiro atoms. The van der Waals surface area contributed by atoms with Gasteiger partial charge in [0.15, 0.2) is 11.6 Å². The number of ether oxygens (including phenoxy) is 1. The molecule has 1 amide bonds. The van der Waals surface area contributed by atoms with E-state index in [0.717, 1.165) is 23.4 Å². The normalized spacial score (nSPS) is 14.9. The van der Waals surface area contributed by atoms with Gasteiger partial charge in [-0.05, 0) is 62.9 Å². The van der Waals surface area contributed by atoms with E-state index in [-0.39, 0.29) is 24.3 Å². The fourth-order valence-electron chi connectivity index (χ4n) is 3.89. The van der Waals surface area contributed by atoms with Gasteiger partial charge >= 0.3 is 5.97 Å². The lowest BCUT2D eigenvalue weighted by atomic mass is 9.96.